The van der Waals surface area contributed by atoms with Crippen LogP contribution in [0.1, 0.15) is 0 Å². The number of phenolic OH excluding ortho intramolecular Hbond substituents is 1. The number of aromatic hydroxyl groups is 1. The zero-order chi connectivity index (χ0) is 14.0. The van der Waals surface area contributed by atoms with E-state index in [9.17, 15) is 13.5 Å². The summed E-state index contributed by atoms with van der Waals surface area (Å²) in [5, 5.41) is 9.53. The van der Waals surface area contributed by atoms with Gasteiger partial charge in [-0.3, -0.25) is 0 Å². The Hall–Kier alpha value is -2.01. The van der Waals surface area contributed by atoms with E-state index in [2.05, 4.69) is 0 Å². The predicted molar refractivity (Wildman–Crippen MR) is 73.2 cm³/mol. The minimum absolute atomic E-state index is 0.0685. The SMILES string of the molecule is COc1cc(-c2ccc(S(C)(=O)=O)cc2)ccc1O. The second-order valence-corrected chi connectivity index (χ2v) is 6.20. The van der Waals surface area contributed by atoms with E-state index in [1.807, 2.05) is 0 Å². The molecule has 2 rings (SSSR count). The third-order valence-corrected chi connectivity index (χ3v) is 3.92. The Balaban J connectivity index is 2.43. The van der Waals surface area contributed by atoms with Crippen molar-refractivity contribution in [1.29, 1.82) is 0 Å². The van der Waals surface area contributed by atoms with Gasteiger partial charge in [0, 0.05) is 6.26 Å². The molecule has 5 heteroatoms. The molecule has 0 spiro atoms. The fourth-order valence-corrected chi connectivity index (χ4v) is 2.38. The molecule has 0 saturated carbocycles. The molecule has 100 valence electrons. The van der Waals surface area contributed by atoms with E-state index < -0.39 is 9.84 Å². The maximum atomic E-state index is 11.4. The third kappa shape index (κ3) is 2.88. The highest BCUT2D eigenvalue weighted by Gasteiger charge is 2.08. The number of hydrogen-bond donors (Lipinski definition) is 1. The van der Waals surface area contributed by atoms with Crippen LogP contribution in [-0.4, -0.2) is 26.9 Å². The lowest BCUT2D eigenvalue weighted by atomic mass is 10.1. The van der Waals surface area contributed by atoms with E-state index in [0.29, 0.717) is 5.75 Å². The van der Waals surface area contributed by atoms with Crippen LogP contribution in [0.3, 0.4) is 0 Å². The summed E-state index contributed by atoms with van der Waals surface area (Å²) in [6, 6.07) is 11.6. The van der Waals surface area contributed by atoms with Crippen molar-refractivity contribution in [3.05, 3.63) is 42.5 Å². The normalized spacial score (nSPS) is 11.3. The molecule has 0 aliphatic heterocycles. The minimum atomic E-state index is -3.19. The number of phenols is 1. The van der Waals surface area contributed by atoms with Crippen molar-refractivity contribution in [2.75, 3.05) is 13.4 Å². The van der Waals surface area contributed by atoms with Crippen molar-refractivity contribution in [1.82, 2.24) is 0 Å². The fourth-order valence-electron chi connectivity index (χ4n) is 1.75. The number of hydrogen-bond acceptors (Lipinski definition) is 4. The molecule has 0 unspecified atom stereocenters. The van der Waals surface area contributed by atoms with Crippen LogP contribution in [0.2, 0.25) is 0 Å². The molecular weight excluding hydrogens is 264 g/mol. The highest BCUT2D eigenvalue weighted by Crippen LogP contribution is 2.31. The quantitative estimate of drug-likeness (QED) is 0.936. The van der Waals surface area contributed by atoms with E-state index in [0.717, 1.165) is 11.1 Å². The van der Waals surface area contributed by atoms with Gasteiger partial charge in [-0.1, -0.05) is 18.2 Å². The summed E-state index contributed by atoms with van der Waals surface area (Å²) in [4.78, 5) is 0.280. The molecule has 0 aromatic heterocycles. The van der Waals surface area contributed by atoms with E-state index in [1.165, 1.54) is 13.4 Å². The summed E-state index contributed by atoms with van der Waals surface area (Å²) in [5.74, 6) is 0.448. The van der Waals surface area contributed by atoms with Crippen LogP contribution in [0.15, 0.2) is 47.4 Å². The minimum Gasteiger partial charge on any atom is -0.504 e. The molecule has 2 aromatic carbocycles. The van der Waals surface area contributed by atoms with Crippen molar-refractivity contribution in [3.8, 4) is 22.6 Å². The Morgan fingerprint density at radius 1 is 1.00 bits per heavy atom. The van der Waals surface area contributed by atoms with Crippen LogP contribution in [0, 0.1) is 0 Å². The standard InChI is InChI=1S/C14H14O4S/c1-18-14-9-11(5-8-13(14)15)10-3-6-12(7-4-10)19(2,16)17/h3-9,15H,1-2H3. The second kappa shape index (κ2) is 4.93. The molecule has 4 nitrogen and oxygen atoms in total. The second-order valence-electron chi connectivity index (χ2n) is 4.18. The Morgan fingerprint density at radius 3 is 2.11 bits per heavy atom. The molecule has 1 N–H and O–H groups in total. The van der Waals surface area contributed by atoms with Crippen LogP contribution in [0.5, 0.6) is 11.5 Å². The van der Waals surface area contributed by atoms with Gasteiger partial charge in [-0.05, 0) is 35.4 Å². The first kappa shape index (κ1) is 13.4. The summed E-state index contributed by atoms with van der Waals surface area (Å²) < 4.78 is 27.8. The summed E-state index contributed by atoms with van der Waals surface area (Å²) in [6.45, 7) is 0. The predicted octanol–water partition coefficient (Wildman–Crippen LogP) is 2.47. The lowest BCUT2D eigenvalue weighted by Crippen LogP contribution is -1.96. The first-order chi connectivity index (χ1) is 8.91. The van der Waals surface area contributed by atoms with E-state index in [-0.39, 0.29) is 10.6 Å². The van der Waals surface area contributed by atoms with Crippen LogP contribution in [0.25, 0.3) is 11.1 Å². The highest BCUT2D eigenvalue weighted by molar-refractivity contribution is 7.90. The molecule has 0 bridgehead atoms. The molecule has 0 radical (unpaired) electrons. The largest absolute Gasteiger partial charge is 0.504 e. The molecule has 0 aliphatic carbocycles. The lowest BCUT2D eigenvalue weighted by Gasteiger charge is -2.07. The van der Waals surface area contributed by atoms with Gasteiger partial charge >= 0.3 is 0 Å². The molecule has 0 fully saturated rings. The summed E-state index contributed by atoms with van der Waals surface area (Å²) in [7, 11) is -1.71. The van der Waals surface area contributed by atoms with Crippen molar-refractivity contribution in [2.24, 2.45) is 0 Å². The van der Waals surface area contributed by atoms with Crippen molar-refractivity contribution < 1.29 is 18.3 Å². The Kier molecular flexibility index (Phi) is 3.48. The average molecular weight is 278 g/mol. The van der Waals surface area contributed by atoms with Crippen LogP contribution < -0.4 is 4.74 Å². The van der Waals surface area contributed by atoms with Gasteiger partial charge in [-0.15, -0.1) is 0 Å². The molecule has 0 heterocycles. The topological polar surface area (TPSA) is 63.6 Å². The van der Waals surface area contributed by atoms with E-state index in [4.69, 9.17) is 4.74 Å². The molecule has 19 heavy (non-hydrogen) atoms. The number of sulfone groups is 1. The molecule has 2 aromatic rings. The van der Waals surface area contributed by atoms with Crippen LogP contribution in [0.4, 0.5) is 0 Å². The Bertz CT molecular complexity index is 688. The number of methoxy groups -OCH3 is 1. The highest BCUT2D eigenvalue weighted by atomic mass is 32.2. The fraction of sp³-hybridized carbons (Fsp3) is 0.143. The number of benzene rings is 2. The first-order valence-corrected chi connectivity index (χ1v) is 7.48. The lowest BCUT2D eigenvalue weighted by molar-refractivity contribution is 0.373. The van der Waals surface area contributed by atoms with Gasteiger partial charge in [-0.2, -0.15) is 0 Å². The van der Waals surface area contributed by atoms with Gasteiger partial charge < -0.3 is 9.84 Å². The van der Waals surface area contributed by atoms with Gasteiger partial charge in [0.2, 0.25) is 0 Å². The summed E-state index contributed by atoms with van der Waals surface area (Å²) >= 11 is 0. The monoisotopic (exact) mass is 278 g/mol. The van der Waals surface area contributed by atoms with Gasteiger partial charge in [0.05, 0.1) is 12.0 Å². The van der Waals surface area contributed by atoms with Gasteiger partial charge in [0.25, 0.3) is 0 Å². The van der Waals surface area contributed by atoms with E-state index >= 15 is 0 Å². The third-order valence-electron chi connectivity index (χ3n) is 2.80. The molecule has 0 aliphatic rings. The maximum Gasteiger partial charge on any atom is 0.175 e. The van der Waals surface area contributed by atoms with Crippen LogP contribution >= 0.6 is 0 Å². The summed E-state index contributed by atoms with van der Waals surface area (Å²) in [6.07, 6.45) is 1.17. The maximum absolute atomic E-state index is 11.4. The van der Waals surface area contributed by atoms with E-state index in [1.54, 1.807) is 42.5 Å². The smallest absolute Gasteiger partial charge is 0.175 e. The summed E-state index contributed by atoms with van der Waals surface area (Å²) in [5.41, 5.74) is 1.69. The van der Waals surface area contributed by atoms with Crippen molar-refractivity contribution in [2.45, 2.75) is 4.90 Å². The van der Waals surface area contributed by atoms with Gasteiger partial charge in [-0.25, -0.2) is 8.42 Å². The van der Waals surface area contributed by atoms with Gasteiger partial charge in [0.15, 0.2) is 21.3 Å². The first-order valence-electron chi connectivity index (χ1n) is 5.59. The molecular formula is C14H14O4S. The number of rotatable bonds is 3. The Morgan fingerprint density at radius 2 is 1.58 bits per heavy atom. The Labute approximate surface area is 112 Å². The zero-order valence-corrected chi connectivity index (χ0v) is 11.4. The average Bonchev–Trinajstić information content (AvgIpc) is 2.38. The van der Waals surface area contributed by atoms with Gasteiger partial charge in [0.1, 0.15) is 0 Å². The van der Waals surface area contributed by atoms with Crippen LogP contribution in [-0.2, 0) is 9.84 Å². The molecule has 0 saturated heterocycles. The molecule has 0 atom stereocenters. The van der Waals surface area contributed by atoms with Crippen molar-refractivity contribution in [3.63, 3.8) is 0 Å². The van der Waals surface area contributed by atoms with Crippen molar-refractivity contribution >= 4 is 9.84 Å². The number of ether oxygens (including phenoxy) is 1. The molecule has 0 amide bonds. The zero-order valence-electron chi connectivity index (χ0n) is 10.6.